The largest absolute Gasteiger partial charge is 0.334 e. The lowest BCUT2D eigenvalue weighted by Gasteiger charge is -2.13. The number of hydrogen-bond donors (Lipinski definition) is 3. The molecular weight excluding hydrogens is 266 g/mol. The molecule has 0 aromatic carbocycles. The van der Waals surface area contributed by atoms with E-state index in [0.29, 0.717) is 6.42 Å². The highest BCUT2D eigenvalue weighted by atomic mass is 32.2. The first-order chi connectivity index (χ1) is 8.80. The van der Waals surface area contributed by atoms with Crippen LogP contribution < -0.4 is 15.4 Å². The van der Waals surface area contributed by atoms with Crippen molar-refractivity contribution >= 4 is 16.1 Å². The van der Waals surface area contributed by atoms with Gasteiger partial charge in [-0.3, -0.25) is 0 Å². The highest BCUT2D eigenvalue weighted by Crippen LogP contribution is 2.11. The molecule has 3 N–H and O–H groups in total. The van der Waals surface area contributed by atoms with E-state index >= 15 is 0 Å². The number of hydrogen-bond acceptors (Lipinski definition) is 3. The summed E-state index contributed by atoms with van der Waals surface area (Å²) in [6.07, 6.45) is 3.33. The summed E-state index contributed by atoms with van der Waals surface area (Å²) in [7, 11) is -3.13. The fraction of sp³-hybridized carbons (Fsp3) is 0.917. The second-order valence-corrected chi connectivity index (χ2v) is 7.33. The van der Waals surface area contributed by atoms with Crippen LogP contribution in [0.5, 0.6) is 0 Å². The molecule has 112 valence electrons. The maximum absolute atomic E-state index is 11.6. The van der Waals surface area contributed by atoms with Crippen molar-refractivity contribution in [2.45, 2.75) is 64.6 Å². The van der Waals surface area contributed by atoms with Gasteiger partial charge in [0.1, 0.15) is 0 Å². The quantitative estimate of drug-likeness (QED) is 0.582. The van der Waals surface area contributed by atoms with Crippen LogP contribution >= 0.6 is 0 Å². The number of nitrogens with one attached hydrogen (secondary N) is 3. The number of rotatable bonds is 8. The van der Waals surface area contributed by atoms with Gasteiger partial charge in [-0.15, -0.1) is 0 Å². The van der Waals surface area contributed by atoms with Crippen molar-refractivity contribution in [3.63, 3.8) is 0 Å². The second kappa shape index (κ2) is 7.09. The minimum Gasteiger partial charge on any atom is -0.334 e. The Morgan fingerprint density at radius 1 is 1.21 bits per heavy atom. The van der Waals surface area contributed by atoms with Crippen LogP contribution in [0.4, 0.5) is 4.79 Å². The number of amides is 2. The average Bonchev–Trinajstić information content (AvgIpc) is 2.54. The maximum Gasteiger partial charge on any atom is 0.315 e. The maximum atomic E-state index is 11.6. The Kier molecular flexibility index (Phi) is 6.06. The fourth-order valence-corrected chi connectivity index (χ4v) is 3.64. The van der Waals surface area contributed by atoms with Gasteiger partial charge in [0.05, 0.1) is 11.8 Å². The van der Waals surface area contributed by atoms with Gasteiger partial charge in [0, 0.05) is 12.1 Å². The molecule has 1 fully saturated rings. The molecule has 0 spiro atoms. The summed E-state index contributed by atoms with van der Waals surface area (Å²) in [6.45, 7) is 5.60. The normalized spacial score (nSPS) is 23.5. The van der Waals surface area contributed by atoms with Gasteiger partial charge < -0.3 is 10.6 Å². The van der Waals surface area contributed by atoms with E-state index in [9.17, 15) is 13.2 Å². The van der Waals surface area contributed by atoms with Crippen molar-refractivity contribution < 1.29 is 13.2 Å². The molecule has 0 aromatic rings. The van der Waals surface area contributed by atoms with Crippen molar-refractivity contribution in [3.8, 4) is 0 Å². The van der Waals surface area contributed by atoms with Crippen molar-refractivity contribution in [2.24, 2.45) is 0 Å². The van der Waals surface area contributed by atoms with Crippen molar-refractivity contribution in [1.82, 2.24) is 15.4 Å². The highest BCUT2D eigenvalue weighted by molar-refractivity contribution is 7.89. The van der Waals surface area contributed by atoms with Gasteiger partial charge in [-0.2, -0.15) is 0 Å². The fourth-order valence-electron chi connectivity index (χ4n) is 2.22. The van der Waals surface area contributed by atoms with Gasteiger partial charge in [0.15, 0.2) is 0 Å². The first-order valence-corrected chi connectivity index (χ1v) is 8.52. The predicted molar refractivity (Wildman–Crippen MR) is 75.4 cm³/mol. The van der Waals surface area contributed by atoms with Crippen molar-refractivity contribution in [3.05, 3.63) is 0 Å². The lowest BCUT2D eigenvalue weighted by molar-refractivity contribution is 0.247. The molecular formula is C12H25N3O3S. The van der Waals surface area contributed by atoms with E-state index < -0.39 is 10.0 Å². The van der Waals surface area contributed by atoms with Gasteiger partial charge >= 0.3 is 6.03 Å². The SMILES string of the molecule is CC(C)NS(=O)(=O)CCCCC[C@H]1NC(=O)N[C@H]1C. The van der Waals surface area contributed by atoms with Crippen molar-refractivity contribution in [1.29, 1.82) is 0 Å². The van der Waals surface area contributed by atoms with E-state index in [1.165, 1.54) is 0 Å². The van der Waals surface area contributed by atoms with Crippen LogP contribution in [0, 0.1) is 0 Å². The molecule has 0 radical (unpaired) electrons. The van der Waals surface area contributed by atoms with Crippen molar-refractivity contribution in [2.75, 3.05) is 5.75 Å². The standard InChI is InChI=1S/C12H25N3O3S/c1-9(2)15-19(17,18)8-6-4-5-7-11-10(3)13-12(16)14-11/h9-11,15H,4-8H2,1-3H3,(H2,13,14,16)/t10-,11+/m0/s1. The van der Waals surface area contributed by atoms with E-state index in [1.54, 1.807) is 0 Å². The van der Waals surface area contributed by atoms with E-state index in [2.05, 4.69) is 15.4 Å². The van der Waals surface area contributed by atoms with Crippen LogP contribution in [0.25, 0.3) is 0 Å². The number of unbranched alkanes of at least 4 members (excludes halogenated alkanes) is 2. The Bertz CT molecular complexity index is 395. The van der Waals surface area contributed by atoms with E-state index in [-0.39, 0.29) is 29.9 Å². The van der Waals surface area contributed by atoms with Gasteiger partial charge in [-0.05, 0) is 33.6 Å². The Labute approximate surface area is 115 Å². The molecule has 1 saturated heterocycles. The third-order valence-corrected chi connectivity index (χ3v) is 4.78. The topological polar surface area (TPSA) is 87.3 Å². The Hall–Kier alpha value is -0.820. The summed E-state index contributed by atoms with van der Waals surface area (Å²) in [5, 5.41) is 5.65. The second-order valence-electron chi connectivity index (χ2n) is 5.45. The Morgan fingerprint density at radius 2 is 1.89 bits per heavy atom. The van der Waals surface area contributed by atoms with Gasteiger partial charge in [-0.25, -0.2) is 17.9 Å². The first-order valence-electron chi connectivity index (χ1n) is 6.87. The minimum atomic E-state index is -3.13. The van der Waals surface area contributed by atoms with Crippen LogP contribution in [-0.4, -0.2) is 38.3 Å². The molecule has 1 aliphatic rings. The molecule has 1 aliphatic heterocycles. The Balaban J connectivity index is 2.13. The molecule has 0 saturated carbocycles. The van der Waals surface area contributed by atoms with E-state index in [4.69, 9.17) is 0 Å². The van der Waals surface area contributed by atoms with Crippen LogP contribution in [0.1, 0.15) is 46.5 Å². The smallest absolute Gasteiger partial charge is 0.315 e. The summed E-state index contributed by atoms with van der Waals surface area (Å²) >= 11 is 0. The molecule has 2 atom stereocenters. The molecule has 0 aromatic heterocycles. The summed E-state index contributed by atoms with van der Waals surface area (Å²) in [5.74, 6) is 0.177. The van der Waals surface area contributed by atoms with Gasteiger partial charge in [0.2, 0.25) is 10.0 Å². The summed E-state index contributed by atoms with van der Waals surface area (Å²) in [5.41, 5.74) is 0. The minimum absolute atomic E-state index is 0.0503. The number of sulfonamides is 1. The number of carbonyl (C=O) groups excluding carboxylic acids is 1. The van der Waals surface area contributed by atoms with E-state index in [1.807, 2.05) is 20.8 Å². The molecule has 1 rings (SSSR count). The zero-order chi connectivity index (χ0) is 14.5. The van der Waals surface area contributed by atoms with E-state index in [0.717, 1.165) is 19.3 Å². The molecule has 7 heteroatoms. The van der Waals surface area contributed by atoms with Crippen LogP contribution in [0.3, 0.4) is 0 Å². The van der Waals surface area contributed by atoms with Gasteiger partial charge in [-0.1, -0.05) is 12.8 Å². The van der Waals surface area contributed by atoms with Crippen LogP contribution in [0.15, 0.2) is 0 Å². The summed E-state index contributed by atoms with van der Waals surface area (Å²) in [6, 6.07) is 0.156. The molecule has 6 nitrogen and oxygen atoms in total. The third kappa shape index (κ3) is 6.24. The molecule has 2 amide bonds. The molecule has 0 aliphatic carbocycles. The molecule has 0 unspecified atom stereocenters. The number of urea groups is 1. The molecule has 19 heavy (non-hydrogen) atoms. The summed E-state index contributed by atoms with van der Waals surface area (Å²) in [4.78, 5) is 11.1. The summed E-state index contributed by atoms with van der Waals surface area (Å²) < 4.78 is 25.7. The molecule has 1 heterocycles. The lowest BCUT2D eigenvalue weighted by Crippen LogP contribution is -2.32. The van der Waals surface area contributed by atoms with Crippen LogP contribution in [-0.2, 0) is 10.0 Å². The monoisotopic (exact) mass is 291 g/mol. The lowest BCUT2D eigenvalue weighted by atomic mass is 10.0. The zero-order valence-electron chi connectivity index (χ0n) is 11.9. The first kappa shape index (κ1) is 16.2. The predicted octanol–water partition coefficient (Wildman–Crippen LogP) is 0.945. The van der Waals surface area contributed by atoms with Crippen LogP contribution in [0.2, 0.25) is 0 Å². The zero-order valence-corrected chi connectivity index (χ0v) is 12.7. The molecule has 0 bridgehead atoms. The number of carbonyl (C=O) groups is 1. The average molecular weight is 291 g/mol. The Morgan fingerprint density at radius 3 is 2.42 bits per heavy atom. The third-order valence-electron chi connectivity index (χ3n) is 3.12. The van der Waals surface area contributed by atoms with Gasteiger partial charge in [0.25, 0.3) is 0 Å². The highest BCUT2D eigenvalue weighted by Gasteiger charge is 2.26.